The van der Waals surface area contributed by atoms with Gasteiger partial charge in [0.05, 0.1) is 11.4 Å². The number of unbranched alkanes of at least 4 members (excludes halogenated alkanes) is 1. The summed E-state index contributed by atoms with van der Waals surface area (Å²) in [6.45, 7) is 1.66. The van der Waals surface area contributed by atoms with Crippen LogP contribution >= 0.6 is 15.9 Å². The third-order valence-corrected chi connectivity index (χ3v) is 7.03. The van der Waals surface area contributed by atoms with Crippen molar-refractivity contribution in [1.82, 2.24) is 0 Å². The number of hydrogen-bond donors (Lipinski definition) is 3. The van der Waals surface area contributed by atoms with Crippen LogP contribution in [0.1, 0.15) is 26.2 Å². The molecule has 0 aromatic heterocycles. The number of benzene rings is 3. The van der Waals surface area contributed by atoms with Crippen LogP contribution in [-0.4, -0.2) is 43.4 Å². The molecule has 1 amide bonds. The van der Waals surface area contributed by atoms with E-state index in [1.54, 1.807) is 42.5 Å². The number of para-hydroxylation sites is 2. The molecule has 0 aliphatic rings. The Labute approximate surface area is 220 Å². The van der Waals surface area contributed by atoms with Crippen molar-refractivity contribution in [2.75, 3.05) is 15.7 Å². The Balaban J connectivity index is 1.70. The zero-order chi connectivity index (χ0) is 26.2. The van der Waals surface area contributed by atoms with Crippen LogP contribution in [0.5, 0.6) is 5.75 Å². The fourth-order valence-corrected chi connectivity index (χ4v) is 4.89. The lowest BCUT2D eigenvalue weighted by molar-refractivity contribution is -0.138. The molecule has 0 radical (unpaired) electrons. The minimum Gasteiger partial charge on any atom is -0.506 e. The van der Waals surface area contributed by atoms with Gasteiger partial charge in [0.15, 0.2) is 0 Å². The maximum atomic E-state index is 12.2. The standard InChI is InChI=1S/C26H27BrN2O6S/c1-18(30)28(23-6-2-3-8-25(23)31)17-5-4-7-24(26(32)33)29(36(34)35)22-15-11-20(12-16-22)19-9-13-21(27)14-10-19/h2-3,6,8-16,24,31H,4-5,7,17H2,1H3,(H,32,33)(H,34,35). The summed E-state index contributed by atoms with van der Waals surface area (Å²) in [4.78, 5) is 25.6. The molecule has 0 aliphatic carbocycles. The zero-order valence-electron chi connectivity index (χ0n) is 19.6. The summed E-state index contributed by atoms with van der Waals surface area (Å²) in [6, 6.07) is 19.7. The Morgan fingerprint density at radius 2 is 1.53 bits per heavy atom. The topological polar surface area (TPSA) is 118 Å². The van der Waals surface area contributed by atoms with Gasteiger partial charge in [-0.2, -0.15) is 0 Å². The summed E-state index contributed by atoms with van der Waals surface area (Å²) in [6.07, 6.45) is 0.897. The maximum Gasteiger partial charge on any atom is 0.327 e. The number of carboxylic acids is 1. The molecule has 8 nitrogen and oxygen atoms in total. The first-order chi connectivity index (χ1) is 17.2. The predicted molar refractivity (Wildman–Crippen MR) is 144 cm³/mol. The maximum absolute atomic E-state index is 12.2. The number of rotatable bonds is 11. The Kier molecular flexibility index (Phi) is 9.63. The average Bonchev–Trinajstić information content (AvgIpc) is 2.84. The van der Waals surface area contributed by atoms with Gasteiger partial charge in [0.2, 0.25) is 5.91 Å². The normalized spacial score (nSPS) is 12.5. The molecule has 0 saturated carbocycles. The van der Waals surface area contributed by atoms with E-state index in [0.717, 1.165) is 19.9 Å². The van der Waals surface area contributed by atoms with Crippen LogP contribution in [0.3, 0.4) is 0 Å². The quantitative estimate of drug-likeness (QED) is 0.207. The van der Waals surface area contributed by atoms with Gasteiger partial charge in [0.25, 0.3) is 11.3 Å². The monoisotopic (exact) mass is 574 g/mol. The minimum atomic E-state index is -2.56. The summed E-state index contributed by atoms with van der Waals surface area (Å²) in [5.74, 6) is -1.50. The van der Waals surface area contributed by atoms with Gasteiger partial charge < -0.3 is 15.1 Å². The van der Waals surface area contributed by atoms with E-state index < -0.39 is 23.3 Å². The van der Waals surface area contributed by atoms with E-state index in [-0.39, 0.29) is 24.6 Å². The second-order valence-electron chi connectivity index (χ2n) is 8.12. The van der Waals surface area contributed by atoms with Gasteiger partial charge in [-0.15, -0.1) is 0 Å². The van der Waals surface area contributed by atoms with Crippen LogP contribution in [0.2, 0.25) is 0 Å². The van der Waals surface area contributed by atoms with Crippen LogP contribution in [0.15, 0.2) is 77.3 Å². The van der Waals surface area contributed by atoms with E-state index >= 15 is 0 Å². The number of carbonyl (C=O) groups excluding carboxylic acids is 1. The van der Waals surface area contributed by atoms with Crippen LogP contribution in [0.25, 0.3) is 11.1 Å². The molecule has 2 unspecified atom stereocenters. The Hall–Kier alpha value is -3.21. The van der Waals surface area contributed by atoms with Crippen molar-refractivity contribution in [2.24, 2.45) is 0 Å². The number of nitrogens with zero attached hydrogens (tertiary/aromatic N) is 2. The summed E-state index contributed by atoms with van der Waals surface area (Å²) in [5, 5.41) is 19.9. The fourth-order valence-electron chi connectivity index (χ4n) is 3.91. The zero-order valence-corrected chi connectivity index (χ0v) is 22.0. The molecular formula is C26H27BrN2O6S. The highest BCUT2D eigenvalue weighted by Crippen LogP contribution is 2.29. The number of carboxylic acid groups (broad SMARTS) is 1. The summed E-state index contributed by atoms with van der Waals surface area (Å²) >= 11 is 0.831. The average molecular weight is 575 g/mol. The first kappa shape index (κ1) is 27.4. The van der Waals surface area contributed by atoms with Crippen LogP contribution in [0.4, 0.5) is 11.4 Å². The third kappa shape index (κ3) is 6.93. The number of carbonyl (C=O) groups is 2. The largest absolute Gasteiger partial charge is 0.506 e. The van der Waals surface area contributed by atoms with E-state index in [9.17, 15) is 28.6 Å². The van der Waals surface area contributed by atoms with Crippen LogP contribution < -0.4 is 9.21 Å². The number of aromatic hydroxyl groups is 1. The lowest BCUT2D eigenvalue weighted by Gasteiger charge is -2.27. The third-order valence-electron chi connectivity index (χ3n) is 5.70. The van der Waals surface area contributed by atoms with E-state index in [0.29, 0.717) is 24.2 Å². The van der Waals surface area contributed by atoms with Gasteiger partial charge >= 0.3 is 5.97 Å². The van der Waals surface area contributed by atoms with Gasteiger partial charge in [0.1, 0.15) is 11.8 Å². The second kappa shape index (κ2) is 12.7. The van der Waals surface area contributed by atoms with E-state index in [2.05, 4.69) is 15.9 Å². The van der Waals surface area contributed by atoms with Crippen LogP contribution in [0, 0.1) is 0 Å². The van der Waals surface area contributed by atoms with E-state index in [1.165, 1.54) is 17.9 Å². The highest BCUT2D eigenvalue weighted by molar-refractivity contribution is 9.10. The predicted octanol–water partition coefficient (Wildman–Crippen LogP) is 5.44. The molecule has 0 bridgehead atoms. The van der Waals surface area contributed by atoms with Crippen molar-refractivity contribution in [2.45, 2.75) is 32.2 Å². The number of anilines is 2. The molecule has 190 valence electrons. The van der Waals surface area contributed by atoms with Crippen molar-refractivity contribution in [1.29, 1.82) is 0 Å². The van der Waals surface area contributed by atoms with Crippen molar-refractivity contribution in [3.8, 4) is 16.9 Å². The number of phenols is 1. The molecule has 3 aromatic rings. The smallest absolute Gasteiger partial charge is 0.327 e. The first-order valence-electron chi connectivity index (χ1n) is 11.2. The Bertz CT molecular complexity index is 1220. The number of halogens is 1. The van der Waals surface area contributed by atoms with Crippen molar-refractivity contribution in [3.63, 3.8) is 0 Å². The van der Waals surface area contributed by atoms with E-state index in [4.69, 9.17) is 0 Å². The second-order valence-corrected chi connectivity index (χ2v) is 9.89. The van der Waals surface area contributed by atoms with E-state index in [1.807, 2.05) is 24.3 Å². The Morgan fingerprint density at radius 1 is 0.944 bits per heavy atom. The number of hydrogen-bond acceptors (Lipinski definition) is 4. The van der Waals surface area contributed by atoms with Gasteiger partial charge in [-0.3, -0.25) is 13.7 Å². The number of aliphatic carboxylic acids is 1. The minimum absolute atomic E-state index is 0.0236. The molecule has 0 heterocycles. The summed E-state index contributed by atoms with van der Waals surface area (Å²) in [7, 11) is 0. The van der Waals surface area contributed by atoms with Gasteiger partial charge in [-0.25, -0.2) is 9.00 Å². The SMILES string of the molecule is CC(=O)N(CCCCC(C(=O)O)N(c1ccc(-c2ccc(Br)cc2)cc1)S(=O)O)c1ccccc1O. The van der Waals surface area contributed by atoms with Crippen molar-refractivity contribution < 1.29 is 28.6 Å². The highest BCUT2D eigenvalue weighted by atomic mass is 79.9. The molecule has 3 rings (SSSR count). The van der Waals surface area contributed by atoms with Crippen LogP contribution in [-0.2, 0) is 20.9 Å². The highest BCUT2D eigenvalue weighted by Gasteiger charge is 2.30. The van der Waals surface area contributed by atoms with Crippen molar-refractivity contribution >= 4 is 50.4 Å². The molecule has 0 aliphatic heterocycles. The Morgan fingerprint density at radius 3 is 2.06 bits per heavy atom. The molecule has 0 spiro atoms. The summed E-state index contributed by atoms with van der Waals surface area (Å²) < 4.78 is 24.0. The molecule has 36 heavy (non-hydrogen) atoms. The first-order valence-corrected chi connectivity index (χ1v) is 13.1. The molecule has 3 N–H and O–H groups in total. The molecule has 3 aromatic carbocycles. The molecular weight excluding hydrogens is 548 g/mol. The van der Waals surface area contributed by atoms with Crippen molar-refractivity contribution in [3.05, 3.63) is 77.3 Å². The molecule has 0 fully saturated rings. The lowest BCUT2D eigenvalue weighted by atomic mass is 10.0. The summed E-state index contributed by atoms with van der Waals surface area (Å²) in [5.41, 5.74) is 2.53. The van der Waals surface area contributed by atoms with Gasteiger partial charge in [0, 0.05) is 17.9 Å². The molecule has 2 atom stereocenters. The number of amides is 1. The lowest BCUT2D eigenvalue weighted by Crippen LogP contribution is -2.42. The fraction of sp³-hybridized carbons (Fsp3) is 0.231. The van der Waals surface area contributed by atoms with Gasteiger partial charge in [-0.1, -0.05) is 52.3 Å². The molecule has 0 saturated heterocycles. The molecule has 10 heteroatoms. The number of phenolic OH excluding ortho intramolecular Hbond substituents is 1. The van der Waals surface area contributed by atoms with Gasteiger partial charge in [-0.05, 0) is 66.8 Å².